The maximum atomic E-state index is 5.73. The Bertz CT molecular complexity index is 372. The summed E-state index contributed by atoms with van der Waals surface area (Å²) in [6.45, 7) is 5.36. The predicted octanol–water partition coefficient (Wildman–Crippen LogP) is 2.70. The van der Waals surface area contributed by atoms with Gasteiger partial charge in [-0.05, 0) is 31.0 Å². The van der Waals surface area contributed by atoms with Gasteiger partial charge >= 0.3 is 0 Å². The van der Waals surface area contributed by atoms with Gasteiger partial charge in [-0.25, -0.2) is 0 Å². The molecule has 2 nitrogen and oxygen atoms in total. The number of hydrogen-bond acceptors (Lipinski definition) is 2. The third-order valence-electron chi connectivity index (χ3n) is 2.52. The maximum absolute atomic E-state index is 5.73. The van der Waals surface area contributed by atoms with E-state index in [0.29, 0.717) is 19.3 Å². The highest BCUT2D eigenvalue weighted by Crippen LogP contribution is 2.08. The van der Waals surface area contributed by atoms with Gasteiger partial charge in [-0.1, -0.05) is 37.3 Å². The van der Waals surface area contributed by atoms with Crippen molar-refractivity contribution in [1.82, 2.24) is 0 Å². The van der Waals surface area contributed by atoms with Crippen LogP contribution in [0.3, 0.4) is 0 Å². The molecule has 0 spiro atoms. The van der Waals surface area contributed by atoms with E-state index in [1.54, 1.807) is 0 Å². The van der Waals surface area contributed by atoms with Crippen molar-refractivity contribution >= 4 is 0 Å². The van der Waals surface area contributed by atoms with Gasteiger partial charge in [-0.3, -0.25) is 0 Å². The van der Waals surface area contributed by atoms with E-state index in [-0.39, 0.29) is 0 Å². The lowest BCUT2D eigenvalue weighted by Gasteiger charge is -2.11. The van der Waals surface area contributed by atoms with Crippen LogP contribution >= 0.6 is 0 Å². The summed E-state index contributed by atoms with van der Waals surface area (Å²) in [4.78, 5) is 0. The summed E-state index contributed by atoms with van der Waals surface area (Å²) < 4.78 is 5.73. The van der Waals surface area contributed by atoms with E-state index in [0.717, 1.165) is 18.4 Å². The molecule has 0 saturated carbocycles. The van der Waals surface area contributed by atoms with Gasteiger partial charge in [0, 0.05) is 5.56 Å². The molecule has 92 valence electrons. The van der Waals surface area contributed by atoms with Crippen molar-refractivity contribution in [1.29, 1.82) is 0 Å². The van der Waals surface area contributed by atoms with Crippen LogP contribution in [-0.4, -0.2) is 12.6 Å². The minimum atomic E-state index is 0.330. The molecule has 1 rings (SSSR count). The minimum absolute atomic E-state index is 0.330. The van der Waals surface area contributed by atoms with E-state index in [1.807, 2.05) is 12.1 Å². The molecule has 1 aromatic rings. The molecule has 0 aliphatic heterocycles. The van der Waals surface area contributed by atoms with Crippen LogP contribution in [0.5, 0.6) is 0 Å². The first kappa shape index (κ1) is 13.8. The van der Waals surface area contributed by atoms with Crippen LogP contribution in [0.1, 0.15) is 37.8 Å². The van der Waals surface area contributed by atoms with E-state index in [2.05, 4.69) is 37.8 Å². The zero-order valence-corrected chi connectivity index (χ0v) is 10.7. The summed E-state index contributed by atoms with van der Waals surface area (Å²) in [7, 11) is 0. The molecule has 0 aromatic heterocycles. The molecular weight excluding hydrogens is 210 g/mol. The molecule has 0 bridgehead atoms. The van der Waals surface area contributed by atoms with E-state index < -0.39 is 0 Å². The third kappa shape index (κ3) is 5.53. The van der Waals surface area contributed by atoms with Crippen molar-refractivity contribution in [3.05, 3.63) is 35.4 Å². The molecule has 1 aromatic carbocycles. The summed E-state index contributed by atoms with van der Waals surface area (Å²) in [6.07, 6.45) is 2.60. The van der Waals surface area contributed by atoms with E-state index in [9.17, 15) is 0 Å². The fourth-order valence-corrected chi connectivity index (χ4v) is 1.57. The Labute approximate surface area is 104 Å². The predicted molar refractivity (Wildman–Crippen MR) is 71.5 cm³/mol. The average Bonchev–Trinajstić information content (AvgIpc) is 2.35. The first-order valence-electron chi connectivity index (χ1n) is 6.15. The van der Waals surface area contributed by atoms with E-state index >= 15 is 0 Å². The monoisotopic (exact) mass is 231 g/mol. The molecule has 0 saturated heterocycles. The van der Waals surface area contributed by atoms with E-state index in [4.69, 9.17) is 10.5 Å². The van der Waals surface area contributed by atoms with Crippen LogP contribution in [0.15, 0.2) is 24.3 Å². The molecule has 0 radical (unpaired) electrons. The van der Waals surface area contributed by atoms with Crippen molar-refractivity contribution < 1.29 is 4.74 Å². The van der Waals surface area contributed by atoms with Gasteiger partial charge in [-0.15, -0.1) is 0 Å². The Morgan fingerprint density at radius 1 is 1.29 bits per heavy atom. The highest BCUT2D eigenvalue weighted by atomic mass is 16.5. The van der Waals surface area contributed by atoms with Crippen LogP contribution in [0, 0.1) is 11.8 Å². The van der Waals surface area contributed by atoms with Gasteiger partial charge in [0.15, 0.2) is 0 Å². The molecule has 1 unspecified atom stereocenters. The highest BCUT2D eigenvalue weighted by molar-refractivity contribution is 5.36. The maximum Gasteiger partial charge on any atom is 0.0720 e. The molecule has 17 heavy (non-hydrogen) atoms. The lowest BCUT2D eigenvalue weighted by molar-refractivity contribution is 0.0472. The summed E-state index contributed by atoms with van der Waals surface area (Å²) in [5.41, 5.74) is 7.51. The molecule has 0 amide bonds. The molecule has 2 N–H and O–H groups in total. The summed E-state index contributed by atoms with van der Waals surface area (Å²) >= 11 is 0. The number of rotatable bonds is 5. The molecule has 0 aliphatic rings. The molecule has 0 heterocycles. The zero-order chi connectivity index (χ0) is 12.5. The Hall–Kier alpha value is -1.30. The largest absolute Gasteiger partial charge is 0.374 e. The highest BCUT2D eigenvalue weighted by Gasteiger charge is 2.00. The fraction of sp³-hybridized carbons (Fsp3) is 0.467. The van der Waals surface area contributed by atoms with Crippen LogP contribution in [0.4, 0.5) is 0 Å². The van der Waals surface area contributed by atoms with Crippen LogP contribution < -0.4 is 5.73 Å². The second kappa shape index (κ2) is 7.89. The normalized spacial score (nSPS) is 11.7. The second-order valence-electron chi connectivity index (χ2n) is 4.11. The third-order valence-corrected chi connectivity index (χ3v) is 2.52. The Kier molecular flexibility index (Phi) is 6.39. The smallest absolute Gasteiger partial charge is 0.0720 e. The zero-order valence-electron chi connectivity index (χ0n) is 10.7. The summed E-state index contributed by atoms with van der Waals surface area (Å²) in [5, 5.41) is 0. The Morgan fingerprint density at radius 2 is 2.00 bits per heavy atom. The van der Waals surface area contributed by atoms with Gasteiger partial charge < -0.3 is 10.5 Å². The molecule has 0 aliphatic carbocycles. The topological polar surface area (TPSA) is 35.2 Å². The van der Waals surface area contributed by atoms with Gasteiger partial charge in [0.05, 0.1) is 19.3 Å². The Morgan fingerprint density at radius 3 is 2.59 bits per heavy atom. The van der Waals surface area contributed by atoms with E-state index in [1.165, 1.54) is 5.56 Å². The SMILES string of the molecule is CCCC(C)OCc1ccc(C#CCN)cc1. The molecule has 2 heteroatoms. The van der Waals surface area contributed by atoms with Gasteiger partial charge in [0.1, 0.15) is 0 Å². The number of nitrogens with two attached hydrogens (primary N) is 1. The molecule has 1 atom stereocenters. The first-order valence-corrected chi connectivity index (χ1v) is 6.15. The van der Waals surface area contributed by atoms with Crippen LogP contribution in [-0.2, 0) is 11.3 Å². The lowest BCUT2D eigenvalue weighted by Crippen LogP contribution is -2.07. The van der Waals surface area contributed by atoms with Gasteiger partial charge in [-0.2, -0.15) is 0 Å². The molecular formula is C15H21NO. The van der Waals surface area contributed by atoms with Crippen molar-refractivity contribution in [2.45, 2.75) is 39.4 Å². The van der Waals surface area contributed by atoms with Crippen molar-refractivity contribution in [2.75, 3.05) is 6.54 Å². The van der Waals surface area contributed by atoms with Gasteiger partial charge in [0.2, 0.25) is 0 Å². The van der Waals surface area contributed by atoms with Crippen molar-refractivity contribution in [3.63, 3.8) is 0 Å². The summed E-state index contributed by atoms with van der Waals surface area (Å²) in [5.74, 6) is 5.84. The summed E-state index contributed by atoms with van der Waals surface area (Å²) in [6, 6.07) is 8.12. The quantitative estimate of drug-likeness (QED) is 0.791. The van der Waals surface area contributed by atoms with Crippen LogP contribution in [0.25, 0.3) is 0 Å². The van der Waals surface area contributed by atoms with Crippen LogP contribution in [0.2, 0.25) is 0 Å². The Balaban J connectivity index is 2.45. The molecule has 0 fully saturated rings. The minimum Gasteiger partial charge on any atom is -0.374 e. The standard InChI is InChI=1S/C15H21NO/c1-3-5-13(2)17-12-15-9-7-14(8-10-15)6-4-11-16/h7-10,13H,3,5,11-12,16H2,1-2H3. The average molecular weight is 231 g/mol. The number of benzene rings is 1. The number of hydrogen-bond donors (Lipinski definition) is 1. The first-order chi connectivity index (χ1) is 8.26. The lowest BCUT2D eigenvalue weighted by atomic mass is 10.1. The van der Waals surface area contributed by atoms with Crippen molar-refractivity contribution in [3.8, 4) is 11.8 Å². The second-order valence-corrected chi connectivity index (χ2v) is 4.11. The number of ether oxygens (including phenoxy) is 1. The van der Waals surface area contributed by atoms with Gasteiger partial charge in [0.25, 0.3) is 0 Å². The van der Waals surface area contributed by atoms with Crippen molar-refractivity contribution in [2.24, 2.45) is 5.73 Å². The fourth-order valence-electron chi connectivity index (χ4n) is 1.57.